The average molecular weight is 428 g/mol. The predicted molar refractivity (Wildman–Crippen MR) is 116 cm³/mol. The van der Waals surface area contributed by atoms with E-state index in [-0.39, 0.29) is 24.2 Å². The predicted octanol–water partition coefficient (Wildman–Crippen LogP) is 3.68. The van der Waals surface area contributed by atoms with Crippen molar-refractivity contribution in [3.63, 3.8) is 0 Å². The smallest absolute Gasteiger partial charge is 0.229 e. The minimum absolute atomic E-state index is 0.113. The normalized spacial score (nSPS) is 20.6. The first-order chi connectivity index (χ1) is 15.1. The Kier molecular flexibility index (Phi) is 6.58. The second-order valence-electron chi connectivity index (χ2n) is 8.66. The van der Waals surface area contributed by atoms with Gasteiger partial charge in [0, 0.05) is 44.4 Å². The van der Waals surface area contributed by atoms with Crippen LogP contribution in [0.15, 0.2) is 42.5 Å². The molecule has 0 radical (unpaired) electrons. The van der Waals surface area contributed by atoms with Crippen molar-refractivity contribution in [3.8, 4) is 16.9 Å². The SMILES string of the molecule is COc1ccc(F)cc1-c1ccccc1CC1(C(=O)N2CCC(CO)C2)CCOCC1. The number of halogens is 1. The van der Waals surface area contributed by atoms with Gasteiger partial charge in [-0.05, 0) is 55.0 Å². The highest BCUT2D eigenvalue weighted by Crippen LogP contribution is 2.41. The molecule has 1 N–H and O–H groups in total. The molecule has 2 aliphatic heterocycles. The van der Waals surface area contributed by atoms with Crippen LogP contribution in [0.25, 0.3) is 11.1 Å². The second-order valence-corrected chi connectivity index (χ2v) is 8.66. The number of hydrogen-bond acceptors (Lipinski definition) is 4. The fourth-order valence-electron chi connectivity index (χ4n) is 4.92. The van der Waals surface area contributed by atoms with E-state index in [1.165, 1.54) is 12.1 Å². The van der Waals surface area contributed by atoms with E-state index in [0.29, 0.717) is 56.9 Å². The number of ether oxygens (including phenoxy) is 2. The van der Waals surface area contributed by atoms with Gasteiger partial charge >= 0.3 is 0 Å². The molecule has 31 heavy (non-hydrogen) atoms. The Balaban J connectivity index is 1.69. The third-order valence-corrected chi connectivity index (χ3v) is 6.73. The molecular formula is C25H30FNO4. The summed E-state index contributed by atoms with van der Waals surface area (Å²) in [5.74, 6) is 0.582. The Morgan fingerprint density at radius 2 is 2.00 bits per heavy atom. The third-order valence-electron chi connectivity index (χ3n) is 6.73. The van der Waals surface area contributed by atoms with E-state index in [9.17, 15) is 14.3 Å². The molecule has 2 saturated heterocycles. The van der Waals surface area contributed by atoms with E-state index in [0.717, 1.165) is 17.5 Å². The minimum Gasteiger partial charge on any atom is -0.496 e. The topological polar surface area (TPSA) is 59.0 Å². The van der Waals surface area contributed by atoms with Crippen LogP contribution in [0.1, 0.15) is 24.8 Å². The number of hydrogen-bond donors (Lipinski definition) is 1. The Morgan fingerprint density at radius 1 is 1.23 bits per heavy atom. The molecule has 5 nitrogen and oxygen atoms in total. The summed E-state index contributed by atoms with van der Waals surface area (Å²) in [5.41, 5.74) is 2.01. The van der Waals surface area contributed by atoms with Crippen LogP contribution in [0.5, 0.6) is 5.75 Å². The van der Waals surface area contributed by atoms with E-state index < -0.39 is 5.41 Å². The zero-order valence-corrected chi connectivity index (χ0v) is 18.0. The number of nitrogens with zero attached hydrogens (tertiary/aromatic N) is 1. The molecule has 2 fully saturated rings. The number of aliphatic hydroxyl groups is 1. The summed E-state index contributed by atoms with van der Waals surface area (Å²) < 4.78 is 25.2. The van der Waals surface area contributed by atoms with Crippen molar-refractivity contribution in [3.05, 3.63) is 53.8 Å². The lowest BCUT2D eigenvalue weighted by Gasteiger charge is -2.39. The van der Waals surface area contributed by atoms with Gasteiger partial charge in [0.15, 0.2) is 0 Å². The molecule has 0 spiro atoms. The lowest BCUT2D eigenvalue weighted by atomic mass is 9.73. The van der Waals surface area contributed by atoms with Crippen molar-refractivity contribution in [2.24, 2.45) is 11.3 Å². The number of rotatable bonds is 6. The molecule has 2 heterocycles. The van der Waals surface area contributed by atoms with E-state index in [2.05, 4.69) is 0 Å². The lowest BCUT2D eigenvalue weighted by molar-refractivity contribution is -0.147. The van der Waals surface area contributed by atoms with Gasteiger partial charge < -0.3 is 19.5 Å². The molecule has 6 heteroatoms. The molecule has 1 amide bonds. The lowest BCUT2D eigenvalue weighted by Crippen LogP contribution is -2.47. The van der Waals surface area contributed by atoms with Crippen LogP contribution in [0.4, 0.5) is 4.39 Å². The molecule has 1 unspecified atom stereocenters. The quantitative estimate of drug-likeness (QED) is 0.764. The van der Waals surface area contributed by atoms with Gasteiger partial charge in [-0.1, -0.05) is 24.3 Å². The Morgan fingerprint density at radius 3 is 2.71 bits per heavy atom. The number of likely N-dealkylation sites (tertiary alicyclic amines) is 1. The Bertz CT molecular complexity index is 925. The molecule has 2 aromatic rings. The van der Waals surface area contributed by atoms with E-state index in [1.54, 1.807) is 13.2 Å². The molecular weight excluding hydrogens is 397 g/mol. The molecule has 2 aromatic carbocycles. The van der Waals surface area contributed by atoms with Crippen molar-refractivity contribution >= 4 is 5.91 Å². The highest BCUT2D eigenvalue weighted by atomic mass is 19.1. The Labute approximate surface area is 182 Å². The summed E-state index contributed by atoms with van der Waals surface area (Å²) in [4.78, 5) is 15.6. The minimum atomic E-state index is -0.556. The van der Waals surface area contributed by atoms with Crippen molar-refractivity contribution in [1.29, 1.82) is 0 Å². The van der Waals surface area contributed by atoms with Crippen molar-refractivity contribution in [2.75, 3.05) is 40.0 Å². The Hall–Kier alpha value is -2.44. The van der Waals surface area contributed by atoms with Gasteiger partial charge in [0.05, 0.1) is 12.5 Å². The fourth-order valence-corrected chi connectivity index (χ4v) is 4.92. The molecule has 0 aromatic heterocycles. The zero-order valence-electron chi connectivity index (χ0n) is 18.0. The maximum Gasteiger partial charge on any atom is 0.229 e. The highest BCUT2D eigenvalue weighted by molar-refractivity contribution is 5.84. The first kappa shape index (κ1) is 21.8. The van der Waals surface area contributed by atoms with E-state index in [4.69, 9.17) is 9.47 Å². The van der Waals surface area contributed by atoms with Crippen LogP contribution in [0.3, 0.4) is 0 Å². The maximum atomic E-state index is 14.1. The summed E-state index contributed by atoms with van der Waals surface area (Å²) in [6.07, 6.45) is 2.71. The standard InChI is InChI=1S/C25H30FNO4/c1-30-23-7-6-20(26)14-22(23)21-5-3-2-4-19(21)15-25(9-12-31-13-10-25)24(29)27-11-8-18(16-27)17-28/h2-7,14,18,28H,8-13,15-17H2,1H3. The second kappa shape index (κ2) is 9.37. The number of methoxy groups -OCH3 is 1. The van der Waals surface area contributed by atoms with Gasteiger partial charge in [-0.2, -0.15) is 0 Å². The number of benzene rings is 2. The molecule has 0 bridgehead atoms. The van der Waals surface area contributed by atoms with Gasteiger partial charge in [-0.25, -0.2) is 4.39 Å². The van der Waals surface area contributed by atoms with Gasteiger partial charge in [0.2, 0.25) is 5.91 Å². The summed E-state index contributed by atoms with van der Waals surface area (Å²) >= 11 is 0. The first-order valence-electron chi connectivity index (χ1n) is 11.0. The highest BCUT2D eigenvalue weighted by Gasteiger charge is 2.44. The van der Waals surface area contributed by atoms with Crippen LogP contribution in [0, 0.1) is 17.2 Å². The van der Waals surface area contributed by atoms with Crippen LogP contribution in [0.2, 0.25) is 0 Å². The molecule has 2 aliphatic rings. The monoisotopic (exact) mass is 427 g/mol. The molecule has 0 saturated carbocycles. The molecule has 166 valence electrons. The summed E-state index contributed by atoms with van der Waals surface area (Å²) in [5, 5.41) is 9.51. The third kappa shape index (κ3) is 4.46. The average Bonchev–Trinajstić information content (AvgIpc) is 3.29. The summed E-state index contributed by atoms with van der Waals surface area (Å²) in [7, 11) is 1.58. The van der Waals surface area contributed by atoms with Gasteiger partial charge in [0.25, 0.3) is 0 Å². The molecule has 0 aliphatic carbocycles. The van der Waals surface area contributed by atoms with Gasteiger partial charge in [-0.3, -0.25) is 4.79 Å². The number of carbonyl (C=O) groups excluding carboxylic acids is 1. The maximum absolute atomic E-state index is 14.1. The van der Waals surface area contributed by atoms with Crippen molar-refractivity contribution in [2.45, 2.75) is 25.7 Å². The van der Waals surface area contributed by atoms with Crippen LogP contribution in [-0.2, 0) is 16.0 Å². The number of carbonyl (C=O) groups is 1. The van der Waals surface area contributed by atoms with Gasteiger partial charge in [0.1, 0.15) is 11.6 Å². The number of aliphatic hydroxyl groups excluding tert-OH is 1. The van der Waals surface area contributed by atoms with Gasteiger partial charge in [-0.15, -0.1) is 0 Å². The molecule has 1 atom stereocenters. The largest absolute Gasteiger partial charge is 0.496 e. The first-order valence-corrected chi connectivity index (χ1v) is 11.0. The fraction of sp³-hybridized carbons (Fsp3) is 0.480. The van der Waals surface area contributed by atoms with E-state index >= 15 is 0 Å². The van der Waals surface area contributed by atoms with Crippen LogP contribution < -0.4 is 4.74 Å². The van der Waals surface area contributed by atoms with Crippen LogP contribution in [-0.4, -0.2) is 55.9 Å². The van der Waals surface area contributed by atoms with Crippen molar-refractivity contribution in [1.82, 2.24) is 4.90 Å². The molecule has 4 rings (SSSR count). The van der Waals surface area contributed by atoms with Crippen LogP contribution >= 0.6 is 0 Å². The summed E-state index contributed by atoms with van der Waals surface area (Å²) in [6, 6.07) is 12.4. The van der Waals surface area contributed by atoms with E-state index in [1.807, 2.05) is 29.2 Å². The zero-order chi connectivity index (χ0) is 21.8. The number of amides is 1. The summed E-state index contributed by atoms with van der Waals surface area (Å²) in [6.45, 7) is 2.51. The van der Waals surface area contributed by atoms with Crippen molar-refractivity contribution < 1.29 is 23.8 Å².